The van der Waals surface area contributed by atoms with Crippen LogP contribution in [0.3, 0.4) is 0 Å². The van der Waals surface area contributed by atoms with Crippen molar-refractivity contribution in [3.05, 3.63) is 59.7 Å². The summed E-state index contributed by atoms with van der Waals surface area (Å²) in [6.07, 6.45) is 1.68. The Morgan fingerprint density at radius 2 is 1.29 bits per heavy atom. The Kier molecular flexibility index (Phi) is 5.10. The summed E-state index contributed by atoms with van der Waals surface area (Å²) in [7, 11) is 0. The minimum atomic E-state index is 0.787. The number of hydrogen-bond acceptors (Lipinski definition) is 4. The van der Waals surface area contributed by atoms with Crippen LogP contribution in [-0.4, -0.2) is 11.9 Å². The number of aryl methyl sites for hydroxylation is 2. The number of anilines is 2. The molecule has 4 heteroatoms. The van der Waals surface area contributed by atoms with Gasteiger partial charge in [-0.05, 0) is 45.0 Å². The molecule has 108 valence electrons. The number of nitrogens with zero attached hydrogens (tertiary/aromatic N) is 2. The van der Waals surface area contributed by atoms with Gasteiger partial charge in [-0.2, -0.15) is 10.2 Å². The van der Waals surface area contributed by atoms with E-state index in [1.54, 1.807) is 6.21 Å². The lowest BCUT2D eigenvalue weighted by Crippen LogP contribution is -2.01. The van der Waals surface area contributed by atoms with Crippen molar-refractivity contribution in [2.45, 2.75) is 20.8 Å². The predicted octanol–water partition coefficient (Wildman–Crippen LogP) is 4.19. The van der Waals surface area contributed by atoms with Gasteiger partial charge in [0.05, 0.1) is 23.3 Å². The van der Waals surface area contributed by atoms with Gasteiger partial charge in [-0.1, -0.05) is 35.4 Å². The summed E-state index contributed by atoms with van der Waals surface area (Å²) < 4.78 is 0. The highest BCUT2D eigenvalue weighted by molar-refractivity contribution is 6.29. The molecule has 2 aromatic rings. The first kappa shape index (κ1) is 14.8. The molecule has 4 nitrogen and oxygen atoms in total. The summed E-state index contributed by atoms with van der Waals surface area (Å²) in [4.78, 5) is 0. The third kappa shape index (κ3) is 5.10. The first-order valence-electron chi connectivity index (χ1n) is 6.86. The van der Waals surface area contributed by atoms with E-state index in [1.807, 2.05) is 55.5 Å². The Morgan fingerprint density at radius 1 is 0.810 bits per heavy atom. The Bertz CT molecular complexity index is 625. The molecule has 0 fully saturated rings. The lowest BCUT2D eigenvalue weighted by molar-refractivity contribution is 1.31. The third-order valence-corrected chi connectivity index (χ3v) is 2.91. The van der Waals surface area contributed by atoms with Crippen molar-refractivity contribution in [2.75, 3.05) is 10.9 Å². The van der Waals surface area contributed by atoms with Gasteiger partial charge < -0.3 is 0 Å². The fourth-order valence-electron chi connectivity index (χ4n) is 1.64. The van der Waals surface area contributed by atoms with Gasteiger partial charge in [-0.25, -0.2) is 0 Å². The zero-order chi connectivity index (χ0) is 15.1. The highest BCUT2D eigenvalue weighted by Crippen LogP contribution is 2.09. The van der Waals surface area contributed by atoms with Crippen molar-refractivity contribution >= 4 is 23.3 Å². The van der Waals surface area contributed by atoms with Gasteiger partial charge in [-0.3, -0.25) is 10.9 Å². The van der Waals surface area contributed by atoms with Gasteiger partial charge >= 0.3 is 0 Å². The fraction of sp³-hybridized carbons (Fsp3) is 0.176. The average molecular weight is 280 g/mol. The summed E-state index contributed by atoms with van der Waals surface area (Å²) in [5.74, 6) is 0. The Balaban J connectivity index is 1.86. The maximum atomic E-state index is 4.25. The van der Waals surface area contributed by atoms with Crippen LogP contribution in [0.25, 0.3) is 0 Å². The van der Waals surface area contributed by atoms with Crippen LogP contribution in [0.1, 0.15) is 18.1 Å². The van der Waals surface area contributed by atoms with Crippen molar-refractivity contribution in [3.8, 4) is 0 Å². The maximum Gasteiger partial charge on any atom is 0.0776 e. The molecule has 21 heavy (non-hydrogen) atoms. The van der Waals surface area contributed by atoms with Crippen LogP contribution in [0.15, 0.2) is 58.7 Å². The van der Waals surface area contributed by atoms with Crippen LogP contribution >= 0.6 is 0 Å². The molecule has 0 aromatic heterocycles. The normalized spacial score (nSPS) is 11.7. The van der Waals surface area contributed by atoms with Crippen LogP contribution in [0, 0.1) is 13.8 Å². The molecule has 0 bridgehead atoms. The van der Waals surface area contributed by atoms with Gasteiger partial charge in [0.2, 0.25) is 0 Å². The zero-order valence-corrected chi connectivity index (χ0v) is 12.6. The zero-order valence-electron chi connectivity index (χ0n) is 12.6. The molecule has 2 N–H and O–H groups in total. The fourth-order valence-corrected chi connectivity index (χ4v) is 1.64. The highest BCUT2D eigenvalue weighted by Gasteiger charge is 1.91. The van der Waals surface area contributed by atoms with E-state index in [4.69, 9.17) is 0 Å². The van der Waals surface area contributed by atoms with Crippen molar-refractivity contribution in [3.63, 3.8) is 0 Å². The summed E-state index contributed by atoms with van der Waals surface area (Å²) in [5.41, 5.74) is 11.1. The molecule has 0 spiro atoms. The molecule has 0 radical (unpaired) electrons. The van der Waals surface area contributed by atoms with Crippen LogP contribution < -0.4 is 10.9 Å². The van der Waals surface area contributed by atoms with Gasteiger partial charge in [0.25, 0.3) is 0 Å². The molecule has 0 heterocycles. The predicted molar refractivity (Wildman–Crippen MR) is 91.2 cm³/mol. The average Bonchev–Trinajstić information content (AvgIpc) is 2.49. The van der Waals surface area contributed by atoms with Crippen molar-refractivity contribution in [1.29, 1.82) is 0 Å². The molecule has 0 aliphatic rings. The van der Waals surface area contributed by atoms with Gasteiger partial charge in [0.15, 0.2) is 0 Å². The Hall–Kier alpha value is -2.62. The molecule has 0 aliphatic carbocycles. The second-order valence-electron chi connectivity index (χ2n) is 4.97. The van der Waals surface area contributed by atoms with E-state index in [-0.39, 0.29) is 0 Å². The topological polar surface area (TPSA) is 48.8 Å². The Morgan fingerprint density at radius 3 is 1.81 bits per heavy atom. The SMILES string of the molecule is CC(/C=N\Nc1ccc(C)cc1)=N/Nc1ccc(C)cc1. The van der Waals surface area contributed by atoms with E-state index < -0.39 is 0 Å². The second kappa shape index (κ2) is 7.24. The molecule has 0 aliphatic heterocycles. The highest BCUT2D eigenvalue weighted by atomic mass is 15.3. The molecule has 0 atom stereocenters. The Labute approximate surface area is 125 Å². The number of rotatable bonds is 5. The molecular weight excluding hydrogens is 260 g/mol. The van der Waals surface area contributed by atoms with E-state index in [0.29, 0.717) is 0 Å². The summed E-state index contributed by atoms with van der Waals surface area (Å²) >= 11 is 0. The van der Waals surface area contributed by atoms with Crippen LogP contribution in [-0.2, 0) is 0 Å². The molecular formula is C17H20N4. The lowest BCUT2D eigenvalue weighted by atomic mass is 10.2. The smallest absolute Gasteiger partial charge is 0.0776 e. The first-order chi connectivity index (χ1) is 10.1. The third-order valence-electron chi connectivity index (χ3n) is 2.91. The monoisotopic (exact) mass is 280 g/mol. The maximum absolute atomic E-state index is 4.25. The van der Waals surface area contributed by atoms with Crippen molar-refractivity contribution in [1.82, 2.24) is 0 Å². The summed E-state index contributed by atoms with van der Waals surface area (Å²) in [5, 5.41) is 8.40. The number of benzene rings is 2. The molecule has 0 saturated heterocycles. The minimum absolute atomic E-state index is 0.787. The number of nitrogens with one attached hydrogen (secondary N) is 2. The molecule has 0 unspecified atom stereocenters. The molecule has 2 aromatic carbocycles. The van der Waals surface area contributed by atoms with Gasteiger partial charge in [0, 0.05) is 0 Å². The van der Waals surface area contributed by atoms with E-state index in [0.717, 1.165) is 17.1 Å². The quantitative estimate of drug-likeness (QED) is 0.637. The lowest BCUT2D eigenvalue weighted by Gasteiger charge is -2.02. The largest absolute Gasteiger partial charge is 0.278 e. The number of hydrazone groups is 2. The molecule has 2 rings (SSSR count). The van der Waals surface area contributed by atoms with E-state index >= 15 is 0 Å². The van der Waals surface area contributed by atoms with Crippen molar-refractivity contribution < 1.29 is 0 Å². The van der Waals surface area contributed by atoms with E-state index in [1.165, 1.54) is 11.1 Å². The van der Waals surface area contributed by atoms with Gasteiger partial charge in [-0.15, -0.1) is 0 Å². The summed E-state index contributed by atoms with van der Waals surface area (Å²) in [6.45, 7) is 6.00. The number of hydrogen-bond donors (Lipinski definition) is 2. The van der Waals surface area contributed by atoms with E-state index in [2.05, 4.69) is 34.9 Å². The second-order valence-corrected chi connectivity index (χ2v) is 4.97. The summed E-state index contributed by atoms with van der Waals surface area (Å²) in [6, 6.07) is 16.1. The van der Waals surface area contributed by atoms with Gasteiger partial charge in [0.1, 0.15) is 0 Å². The molecule has 0 amide bonds. The van der Waals surface area contributed by atoms with Crippen LogP contribution in [0.2, 0.25) is 0 Å². The van der Waals surface area contributed by atoms with E-state index in [9.17, 15) is 0 Å². The first-order valence-corrected chi connectivity index (χ1v) is 6.86. The van der Waals surface area contributed by atoms with Crippen LogP contribution in [0.5, 0.6) is 0 Å². The van der Waals surface area contributed by atoms with Crippen LogP contribution in [0.4, 0.5) is 11.4 Å². The van der Waals surface area contributed by atoms with Crippen molar-refractivity contribution in [2.24, 2.45) is 10.2 Å². The molecule has 0 saturated carbocycles. The minimum Gasteiger partial charge on any atom is -0.278 e. The standard InChI is InChI=1S/C17H20N4/c1-13-4-8-16(9-5-13)20-18-12-15(3)19-21-17-10-6-14(2)7-11-17/h4-12,20-21H,1-3H3/b18-12-,19-15-.